The minimum atomic E-state index is -0.351. The quantitative estimate of drug-likeness (QED) is 0.734. The molecule has 0 spiro atoms. The molecule has 0 aromatic rings. The van der Waals surface area contributed by atoms with Crippen LogP contribution in [-0.4, -0.2) is 24.8 Å². The first-order valence-corrected chi connectivity index (χ1v) is 5.58. The third-order valence-corrected chi connectivity index (χ3v) is 3.21. The summed E-state index contributed by atoms with van der Waals surface area (Å²) in [6.45, 7) is 4.05. The van der Waals surface area contributed by atoms with E-state index < -0.39 is 0 Å². The molecule has 1 saturated carbocycles. The Hall–Kier alpha value is -0.770. The van der Waals surface area contributed by atoms with E-state index in [1.165, 1.54) is 13.5 Å². The van der Waals surface area contributed by atoms with Crippen molar-refractivity contribution >= 4 is 6.09 Å². The lowest BCUT2D eigenvalue weighted by molar-refractivity contribution is 0.138. The monoisotopic (exact) mass is 214 g/mol. The average Bonchev–Trinajstić information content (AvgIpc) is 2.17. The number of nitrogens with one attached hydrogen (secondary N) is 1. The van der Waals surface area contributed by atoms with Crippen LogP contribution in [0.4, 0.5) is 4.79 Å². The van der Waals surface area contributed by atoms with E-state index in [4.69, 9.17) is 5.73 Å². The minimum Gasteiger partial charge on any atom is -0.453 e. The maximum atomic E-state index is 11.2. The van der Waals surface area contributed by atoms with Crippen molar-refractivity contribution in [2.45, 2.75) is 51.1 Å². The molecule has 1 amide bonds. The molecule has 1 fully saturated rings. The number of methoxy groups -OCH3 is 1. The van der Waals surface area contributed by atoms with Gasteiger partial charge in [0.1, 0.15) is 0 Å². The number of alkyl carbamates (subject to hydrolysis) is 1. The lowest BCUT2D eigenvalue weighted by atomic mass is 9.74. The fourth-order valence-corrected chi connectivity index (χ4v) is 2.40. The second-order valence-corrected chi connectivity index (χ2v) is 4.95. The van der Waals surface area contributed by atoms with E-state index in [-0.39, 0.29) is 17.7 Å². The van der Waals surface area contributed by atoms with E-state index in [9.17, 15) is 4.79 Å². The maximum Gasteiger partial charge on any atom is 0.407 e. The zero-order valence-corrected chi connectivity index (χ0v) is 9.88. The van der Waals surface area contributed by atoms with Gasteiger partial charge in [0, 0.05) is 11.6 Å². The third kappa shape index (κ3) is 3.38. The SMILES string of the molecule is COC(=O)NC1CCCCC1C(C)(C)N. The van der Waals surface area contributed by atoms with Crippen molar-refractivity contribution in [2.24, 2.45) is 11.7 Å². The smallest absolute Gasteiger partial charge is 0.407 e. The summed E-state index contributed by atoms with van der Waals surface area (Å²) in [6.07, 6.45) is 4.08. The Labute approximate surface area is 91.5 Å². The molecule has 1 aliphatic rings. The minimum absolute atomic E-state index is 0.159. The summed E-state index contributed by atoms with van der Waals surface area (Å²) < 4.78 is 4.62. The zero-order valence-electron chi connectivity index (χ0n) is 9.88. The number of hydrogen-bond acceptors (Lipinski definition) is 3. The Bertz CT molecular complexity index is 223. The molecule has 1 aliphatic carbocycles. The Balaban J connectivity index is 2.62. The number of rotatable bonds is 2. The second kappa shape index (κ2) is 4.84. The van der Waals surface area contributed by atoms with E-state index in [0.29, 0.717) is 5.92 Å². The molecule has 15 heavy (non-hydrogen) atoms. The molecule has 0 aromatic heterocycles. The van der Waals surface area contributed by atoms with Gasteiger partial charge in [0.05, 0.1) is 7.11 Å². The normalized spacial score (nSPS) is 27.2. The van der Waals surface area contributed by atoms with Crippen LogP contribution in [0.1, 0.15) is 39.5 Å². The van der Waals surface area contributed by atoms with Gasteiger partial charge in [0.2, 0.25) is 0 Å². The van der Waals surface area contributed by atoms with Crippen LogP contribution in [0.2, 0.25) is 0 Å². The highest BCUT2D eigenvalue weighted by atomic mass is 16.5. The second-order valence-electron chi connectivity index (χ2n) is 4.95. The molecule has 0 aliphatic heterocycles. The van der Waals surface area contributed by atoms with Crippen LogP contribution in [0.25, 0.3) is 0 Å². The molecule has 88 valence electrons. The lowest BCUT2D eigenvalue weighted by Gasteiger charge is -2.40. The summed E-state index contributed by atoms with van der Waals surface area (Å²) in [6, 6.07) is 0.159. The van der Waals surface area contributed by atoms with Gasteiger partial charge in [-0.2, -0.15) is 0 Å². The molecule has 1 rings (SSSR count). The first kappa shape index (κ1) is 12.3. The van der Waals surface area contributed by atoms with Gasteiger partial charge >= 0.3 is 6.09 Å². The molecular weight excluding hydrogens is 192 g/mol. The number of nitrogens with two attached hydrogens (primary N) is 1. The Morgan fingerprint density at radius 2 is 2.00 bits per heavy atom. The number of amides is 1. The third-order valence-electron chi connectivity index (χ3n) is 3.21. The molecule has 0 saturated heterocycles. The van der Waals surface area contributed by atoms with E-state index in [0.717, 1.165) is 19.3 Å². The molecule has 4 nitrogen and oxygen atoms in total. The van der Waals surface area contributed by atoms with E-state index >= 15 is 0 Å². The molecule has 2 unspecified atom stereocenters. The topological polar surface area (TPSA) is 64.3 Å². The summed E-state index contributed by atoms with van der Waals surface area (Å²) in [7, 11) is 1.39. The number of hydrogen-bond donors (Lipinski definition) is 2. The van der Waals surface area contributed by atoms with Crippen molar-refractivity contribution < 1.29 is 9.53 Å². The first-order chi connectivity index (χ1) is 6.95. The summed E-state index contributed by atoms with van der Waals surface area (Å²) in [5.74, 6) is 0.338. The summed E-state index contributed by atoms with van der Waals surface area (Å²) in [5, 5.41) is 2.88. The first-order valence-electron chi connectivity index (χ1n) is 5.58. The van der Waals surface area contributed by atoms with Gasteiger partial charge in [-0.1, -0.05) is 12.8 Å². The van der Waals surface area contributed by atoms with Crippen LogP contribution in [0.15, 0.2) is 0 Å². The maximum absolute atomic E-state index is 11.2. The average molecular weight is 214 g/mol. The summed E-state index contributed by atoms with van der Waals surface area (Å²) >= 11 is 0. The van der Waals surface area contributed by atoms with Crippen LogP contribution < -0.4 is 11.1 Å². The fraction of sp³-hybridized carbons (Fsp3) is 0.909. The molecule has 3 N–H and O–H groups in total. The van der Waals surface area contributed by atoms with Crippen molar-refractivity contribution in [2.75, 3.05) is 7.11 Å². The van der Waals surface area contributed by atoms with Gasteiger partial charge in [-0.05, 0) is 32.6 Å². The highest BCUT2D eigenvalue weighted by Gasteiger charge is 2.35. The van der Waals surface area contributed by atoms with Crippen LogP contribution >= 0.6 is 0 Å². The van der Waals surface area contributed by atoms with Gasteiger partial charge in [-0.3, -0.25) is 0 Å². The van der Waals surface area contributed by atoms with Crippen molar-refractivity contribution in [3.8, 4) is 0 Å². The standard InChI is InChI=1S/C11H22N2O2/c1-11(2,12)8-6-4-5-7-9(8)13-10(14)15-3/h8-9H,4-7,12H2,1-3H3,(H,13,14). The number of carbonyl (C=O) groups excluding carboxylic acids is 1. The largest absolute Gasteiger partial charge is 0.453 e. The molecular formula is C11H22N2O2. The number of carbonyl (C=O) groups is 1. The van der Waals surface area contributed by atoms with Gasteiger partial charge in [-0.25, -0.2) is 4.79 Å². The highest BCUT2D eigenvalue weighted by molar-refractivity contribution is 5.67. The number of ether oxygens (including phenoxy) is 1. The molecule has 4 heteroatoms. The van der Waals surface area contributed by atoms with Gasteiger partial charge in [0.25, 0.3) is 0 Å². The fourth-order valence-electron chi connectivity index (χ4n) is 2.40. The van der Waals surface area contributed by atoms with Crippen molar-refractivity contribution in [3.05, 3.63) is 0 Å². The Morgan fingerprint density at radius 1 is 1.40 bits per heavy atom. The van der Waals surface area contributed by atoms with Crippen LogP contribution in [0.5, 0.6) is 0 Å². The Morgan fingerprint density at radius 3 is 2.53 bits per heavy atom. The van der Waals surface area contributed by atoms with E-state index in [2.05, 4.69) is 10.1 Å². The highest BCUT2D eigenvalue weighted by Crippen LogP contribution is 2.31. The van der Waals surface area contributed by atoms with Crippen LogP contribution in [-0.2, 0) is 4.74 Å². The predicted octanol–water partition coefficient (Wildman–Crippen LogP) is 1.64. The molecule has 0 aromatic carbocycles. The molecule has 0 heterocycles. The van der Waals surface area contributed by atoms with Crippen molar-refractivity contribution in [1.29, 1.82) is 0 Å². The lowest BCUT2D eigenvalue weighted by Crippen LogP contribution is -2.54. The predicted molar refractivity (Wildman–Crippen MR) is 59.6 cm³/mol. The van der Waals surface area contributed by atoms with E-state index in [1.807, 2.05) is 13.8 Å². The van der Waals surface area contributed by atoms with Crippen LogP contribution in [0.3, 0.4) is 0 Å². The molecule has 0 bridgehead atoms. The van der Waals surface area contributed by atoms with Crippen molar-refractivity contribution in [3.63, 3.8) is 0 Å². The van der Waals surface area contributed by atoms with Gasteiger partial charge in [0.15, 0.2) is 0 Å². The van der Waals surface area contributed by atoms with Crippen LogP contribution in [0, 0.1) is 5.92 Å². The van der Waals surface area contributed by atoms with Crippen molar-refractivity contribution in [1.82, 2.24) is 5.32 Å². The molecule has 0 radical (unpaired) electrons. The van der Waals surface area contributed by atoms with E-state index in [1.54, 1.807) is 0 Å². The molecule has 2 atom stereocenters. The zero-order chi connectivity index (χ0) is 11.5. The van der Waals surface area contributed by atoms with Gasteiger partial charge < -0.3 is 15.8 Å². The summed E-state index contributed by atoms with van der Waals surface area (Å²) in [4.78, 5) is 11.2. The van der Waals surface area contributed by atoms with Gasteiger partial charge in [-0.15, -0.1) is 0 Å². The Kier molecular flexibility index (Phi) is 3.97. The summed E-state index contributed by atoms with van der Waals surface area (Å²) in [5.41, 5.74) is 5.88.